The van der Waals surface area contributed by atoms with Crippen LogP contribution in [0.4, 0.5) is 30.2 Å². The standard InChI is InChI=1S/C23H25F3N4O2/c1-14(15-9-16(23(24,25)26)11-17(27)10-15)29-19-3-4-28-20-13-22(31-2)21(12-18(19)20)30-5-7-32-8-6-30/h3-4,9-14H,5-8,27H2,1-2H3,(H,28,29)/t14-/m1/s1. The lowest BCUT2D eigenvalue weighted by molar-refractivity contribution is -0.137. The van der Waals surface area contributed by atoms with E-state index in [0.717, 1.165) is 47.5 Å². The van der Waals surface area contributed by atoms with Gasteiger partial charge in [0, 0.05) is 48.2 Å². The molecule has 1 aliphatic heterocycles. The summed E-state index contributed by atoms with van der Waals surface area (Å²) in [6.07, 6.45) is -2.80. The molecule has 0 amide bonds. The summed E-state index contributed by atoms with van der Waals surface area (Å²) < 4.78 is 50.7. The van der Waals surface area contributed by atoms with Crippen molar-refractivity contribution in [3.63, 3.8) is 0 Å². The van der Waals surface area contributed by atoms with Crippen LogP contribution in [0.5, 0.6) is 5.75 Å². The van der Waals surface area contributed by atoms with E-state index < -0.39 is 17.8 Å². The Morgan fingerprint density at radius 1 is 1.16 bits per heavy atom. The molecule has 3 aromatic rings. The molecular weight excluding hydrogens is 421 g/mol. The molecule has 32 heavy (non-hydrogen) atoms. The Kier molecular flexibility index (Phi) is 6.01. The lowest BCUT2D eigenvalue weighted by Crippen LogP contribution is -2.36. The van der Waals surface area contributed by atoms with Crippen LogP contribution in [0.2, 0.25) is 0 Å². The quantitative estimate of drug-likeness (QED) is 0.546. The van der Waals surface area contributed by atoms with Gasteiger partial charge in [-0.15, -0.1) is 0 Å². The number of hydrogen-bond donors (Lipinski definition) is 2. The molecule has 1 saturated heterocycles. The molecule has 0 spiro atoms. The molecule has 2 aromatic carbocycles. The molecule has 0 bridgehead atoms. The number of hydrogen-bond acceptors (Lipinski definition) is 6. The van der Waals surface area contributed by atoms with Gasteiger partial charge in [-0.25, -0.2) is 0 Å². The molecule has 170 valence electrons. The molecule has 2 heterocycles. The second kappa shape index (κ2) is 8.74. The van der Waals surface area contributed by atoms with E-state index in [0.29, 0.717) is 24.5 Å². The van der Waals surface area contributed by atoms with Crippen LogP contribution in [0.3, 0.4) is 0 Å². The van der Waals surface area contributed by atoms with Crippen LogP contribution in [0.25, 0.3) is 10.9 Å². The first-order chi connectivity index (χ1) is 15.3. The Bertz CT molecular complexity index is 1110. The van der Waals surface area contributed by atoms with Crippen LogP contribution in [0, 0.1) is 0 Å². The number of pyridine rings is 1. The van der Waals surface area contributed by atoms with Gasteiger partial charge in [-0.2, -0.15) is 13.2 Å². The van der Waals surface area contributed by atoms with Crippen molar-refractivity contribution in [2.45, 2.75) is 19.1 Å². The van der Waals surface area contributed by atoms with Crippen molar-refractivity contribution in [2.75, 3.05) is 49.4 Å². The minimum atomic E-state index is -4.46. The van der Waals surface area contributed by atoms with Crippen molar-refractivity contribution in [3.05, 3.63) is 53.7 Å². The van der Waals surface area contributed by atoms with Crippen molar-refractivity contribution in [1.82, 2.24) is 4.98 Å². The van der Waals surface area contributed by atoms with Gasteiger partial charge < -0.3 is 25.4 Å². The number of nitrogens with two attached hydrogens (primary N) is 1. The highest BCUT2D eigenvalue weighted by molar-refractivity contribution is 5.95. The predicted octanol–water partition coefficient (Wildman–Crippen LogP) is 4.85. The molecule has 1 atom stereocenters. The third-order valence-corrected chi connectivity index (χ3v) is 5.57. The van der Waals surface area contributed by atoms with Crippen LogP contribution in [-0.4, -0.2) is 38.4 Å². The number of alkyl halides is 3. The first-order valence-electron chi connectivity index (χ1n) is 10.3. The van der Waals surface area contributed by atoms with Gasteiger partial charge >= 0.3 is 6.18 Å². The van der Waals surface area contributed by atoms with Crippen LogP contribution >= 0.6 is 0 Å². The second-order valence-electron chi connectivity index (χ2n) is 7.75. The first-order valence-corrected chi connectivity index (χ1v) is 10.3. The van der Waals surface area contributed by atoms with Crippen LogP contribution < -0.4 is 20.7 Å². The van der Waals surface area contributed by atoms with Crippen LogP contribution in [-0.2, 0) is 10.9 Å². The van der Waals surface area contributed by atoms with Crippen molar-refractivity contribution in [1.29, 1.82) is 0 Å². The summed E-state index contributed by atoms with van der Waals surface area (Å²) in [5.74, 6) is 0.711. The first kappa shape index (κ1) is 22.0. The van der Waals surface area contributed by atoms with Crippen molar-refractivity contribution in [3.8, 4) is 5.75 Å². The minimum Gasteiger partial charge on any atom is -0.495 e. The van der Waals surface area contributed by atoms with Crippen molar-refractivity contribution < 1.29 is 22.6 Å². The number of nitrogens with one attached hydrogen (secondary N) is 1. The molecule has 0 saturated carbocycles. The van der Waals surface area contributed by atoms with Gasteiger partial charge in [0.25, 0.3) is 0 Å². The van der Waals surface area contributed by atoms with E-state index in [9.17, 15) is 13.2 Å². The molecule has 3 N–H and O–H groups in total. The molecule has 1 aromatic heterocycles. The van der Waals surface area contributed by atoms with E-state index >= 15 is 0 Å². The largest absolute Gasteiger partial charge is 0.495 e. The van der Waals surface area contributed by atoms with E-state index in [4.69, 9.17) is 15.2 Å². The average Bonchev–Trinajstić information content (AvgIpc) is 2.78. The fourth-order valence-electron chi connectivity index (χ4n) is 3.91. The summed E-state index contributed by atoms with van der Waals surface area (Å²) in [7, 11) is 1.62. The highest BCUT2D eigenvalue weighted by atomic mass is 19.4. The number of halogens is 3. The fraction of sp³-hybridized carbons (Fsp3) is 0.348. The Hall–Kier alpha value is -3.20. The van der Waals surface area contributed by atoms with Gasteiger partial charge in [0.2, 0.25) is 0 Å². The van der Waals surface area contributed by atoms with Gasteiger partial charge in [-0.3, -0.25) is 4.98 Å². The Morgan fingerprint density at radius 3 is 2.59 bits per heavy atom. The van der Waals surface area contributed by atoms with Crippen LogP contribution in [0.1, 0.15) is 24.1 Å². The lowest BCUT2D eigenvalue weighted by atomic mass is 10.0. The minimum absolute atomic E-state index is 0.0717. The van der Waals surface area contributed by atoms with Crippen molar-refractivity contribution >= 4 is 28.0 Å². The molecule has 0 radical (unpaired) electrons. The molecule has 0 unspecified atom stereocenters. The molecule has 0 aliphatic carbocycles. The molecule has 4 rings (SSSR count). The number of rotatable bonds is 5. The number of benzene rings is 2. The average molecular weight is 446 g/mol. The summed E-state index contributed by atoms with van der Waals surface area (Å²) in [4.78, 5) is 6.64. The van der Waals surface area contributed by atoms with Crippen molar-refractivity contribution in [2.24, 2.45) is 0 Å². The van der Waals surface area contributed by atoms with Gasteiger partial charge in [-0.1, -0.05) is 0 Å². The van der Waals surface area contributed by atoms with Crippen LogP contribution in [0.15, 0.2) is 42.6 Å². The van der Waals surface area contributed by atoms with E-state index in [-0.39, 0.29) is 5.69 Å². The van der Waals surface area contributed by atoms with Gasteiger partial charge in [0.05, 0.1) is 37.1 Å². The van der Waals surface area contributed by atoms with Gasteiger partial charge in [0.15, 0.2) is 0 Å². The highest BCUT2D eigenvalue weighted by Gasteiger charge is 2.31. The third kappa shape index (κ3) is 4.52. The molecule has 9 heteroatoms. The normalized spacial score (nSPS) is 15.6. The van der Waals surface area contributed by atoms with Gasteiger partial charge in [0.1, 0.15) is 5.75 Å². The summed E-state index contributed by atoms with van der Waals surface area (Å²) in [5, 5.41) is 4.18. The SMILES string of the molecule is COc1cc2nccc(N[C@H](C)c3cc(N)cc(C(F)(F)F)c3)c2cc1N1CCOCC1. The van der Waals surface area contributed by atoms with E-state index in [1.54, 1.807) is 26.3 Å². The van der Waals surface area contributed by atoms with E-state index in [2.05, 4.69) is 15.2 Å². The zero-order chi connectivity index (χ0) is 22.9. The zero-order valence-electron chi connectivity index (χ0n) is 17.9. The monoisotopic (exact) mass is 446 g/mol. The number of anilines is 3. The Morgan fingerprint density at radius 2 is 1.91 bits per heavy atom. The Balaban J connectivity index is 1.71. The maximum atomic E-state index is 13.2. The number of morpholine rings is 1. The number of nitrogen functional groups attached to an aromatic ring is 1. The second-order valence-corrected chi connectivity index (χ2v) is 7.75. The van der Waals surface area contributed by atoms with E-state index in [1.165, 1.54) is 0 Å². The Labute approximate surface area is 184 Å². The third-order valence-electron chi connectivity index (χ3n) is 5.57. The molecule has 1 fully saturated rings. The number of fused-ring (bicyclic) bond motifs is 1. The molecule has 6 nitrogen and oxygen atoms in total. The fourth-order valence-corrected chi connectivity index (χ4v) is 3.91. The molecule has 1 aliphatic rings. The number of aromatic nitrogens is 1. The molecular formula is C23H25F3N4O2. The maximum absolute atomic E-state index is 13.2. The number of methoxy groups -OCH3 is 1. The van der Waals surface area contributed by atoms with Gasteiger partial charge in [-0.05, 0) is 42.8 Å². The number of ether oxygens (including phenoxy) is 2. The predicted molar refractivity (Wildman–Crippen MR) is 119 cm³/mol. The summed E-state index contributed by atoms with van der Waals surface area (Å²) >= 11 is 0. The summed E-state index contributed by atoms with van der Waals surface area (Å²) in [5.41, 5.74) is 7.91. The highest BCUT2D eigenvalue weighted by Crippen LogP contribution is 2.37. The number of nitrogens with zero attached hydrogens (tertiary/aromatic N) is 2. The van der Waals surface area contributed by atoms with E-state index in [1.807, 2.05) is 18.2 Å². The zero-order valence-corrected chi connectivity index (χ0v) is 17.9. The maximum Gasteiger partial charge on any atom is 0.416 e. The summed E-state index contributed by atoms with van der Waals surface area (Å²) in [6.45, 7) is 4.55. The summed E-state index contributed by atoms with van der Waals surface area (Å²) in [6, 6.07) is 8.89. The smallest absolute Gasteiger partial charge is 0.416 e. The lowest BCUT2D eigenvalue weighted by Gasteiger charge is -2.30. The topological polar surface area (TPSA) is 72.6 Å².